The van der Waals surface area contributed by atoms with Gasteiger partial charge in [-0.05, 0) is 42.1 Å². The lowest BCUT2D eigenvalue weighted by molar-refractivity contribution is -0.00104. The molecule has 2 heterocycles. The third-order valence-corrected chi connectivity index (χ3v) is 4.04. The zero-order chi connectivity index (χ0) is 15.4. The summed E-state index contributed by atoms with van der Waals surface area (Å²) in [5.41, 5.74) is 1.17. The second-order valence-electron chi connectivity index (χ2n) is 5.39. The molecule has 0 bridgehead atoms. The van der Waals surface area contributed by atoms with Crippen LogP contribution in [0.3, 0.4) is 0 Å². The number of piperidine rings is 1. The van der Waals surface area contributed by atoms with Crippen molar-refractivity contribution in [1.82, 2.24) is 4.90 Å². The number of carbonyl (C=O) groups is 1. The lowest BCUT2D eigenvalue weighted by atomic mass is 10.1. The van der Waals surface area contributed by atoms with Crippen LogP contribution >= 0.6 is 11.6 Å². The predicted molar refractivity (Wildman–Crippen MR) is 83.9 cm³/mol. The molecule has 0 unspecified atom stereocenters. The van der Waals surface area contributed by atoms with Crippen LogP contribution in [0.5, 0.6) is 0 Å². The lowest BCUT2D eigenvalue weighted by Gasteiger charge is -2.31. The summed E-state index contributed by atoms with van der Waals surface area (Å²) in [4.78, 5) is 14.0. The van der Waals surface area contributed by atoms with Gasteiger partial charge in [-0.3, -0.25) is 4.79 Å². The van der Waals surface area contributed by atoms with E-state index in [-0.39, 0.29) is 17.2 Å². The van der Waals surface area contributed by atoms with E-state index in [1.807, 2.05) is 18.2 Å². The Morgan fingerprint density at radius 2 is 1.91 bits per heavy atom. The smallest absolute Gasteiger partial charge is 0.289 e. The van der Waals surface area contributed by atoms with Gasteiger partial charge in [0.05, 0.1) is 12.7 Å². The van der Waals surface area contributed by atoms with E-state index in [4.69, 9.17) is 20.8 Å². The summed E-state index contributed by atoms with van der Waals surface area (Å²) in [7, 11) is 0. The molecule has 1 aromatic heterocycles. The van der Waals surface area contributed by atoms with Crippen LogP contribution in [0.15, 0.2) is 46.9 Å². The van der Waals surface area contributed by atoms with E-state index >= 15 is 0 Å². The van der Waals surface area contributed by atoms with Crippen LogP contribution in [-0.4, -0.2) is 30.0 Å². The van der Waals surface area contributed by atoms with Crippen LogP contribution in [0.4, 0.5) is 0 Å². The third kappa shape index (κ3) is 3.70. The SMILES string of the molecule is O=C(c1ccc(Cl)o1)N1CCC(OCc2ccccc2)CC1. The predicted octanol–water partition coefficient (Wildman–Crippen LogP) is 3.75. The summed E-state index contributed by atoms with van der Waals surface area (Å²) in [6.45, 7) is 1.97. The molecule has 5 heteroatoms. The number of furan rings is 1. The van der Waals surface area contributed by atoms with Crippen LogP contribution in [0, 0.1) is 0 Å². The van der Waals surface area contributed by atoms with Crippen LogP contribution in [0.2, 0.25) is 5.22 Å². The van der Waals surface area contributed by atoms with Crippen molar-refractivity contribution in [2.45, 2.75) is 25.6 Å². The Kier molecular flexibility index (Phi) is 4.80. The molecule has 1 aliphatic rings. The molecule has 4 nitrogen and oxygen atoms in total. The fraction of sp³-hybridized carbons (Fsp3) is 0.353. The van der Waals surface area contributed by atoms with Gasteiger partial charge in [0, 0.05) is 13.1 Å². The van der Waals surface area contributed by atoms with E-state index in [2.05, 4.69) is 12.1 Å². The van der Waals surface area contributed by atoms with Gasteiger partial charge in [-0.1, -0.05) is 30.3 Å². The highest BCUT2D eigenvalue weighted by molar-refractivity contribution is 6.29. The second-order valence-corrected chi connectivity index (χ2v) is 5.76. The molecule has 2 aromatic rings. The highest BCUT2D eigenvalue weighted by atomic mass is 35.5. The van der Waals surface area contributed by atoms with Gasteiger partial charge in [0.25, 0.3) is 5.91 Å². The van der Waals surface area contributed by atoms with Crippen LogP contribution in [0.1, 0.15) is 29.0 Å². The summed E-state index contributed by atoms with van der Waals surface area (Å²) in [5.74, 6) is 0.196. The molecule has 1 aromatic carbocycles. The Hall–Kier alpha value is -1.78. The maximum Gasteiger partial charge on any atom is 0.289 e. The minimum atomic E-state index is -0.103. The van der Waals surface area contributed by atoms with Crippen molar-refractivity contribution in [2.75, 3.05) is 13.1 Å². The lowest BCUT2D eigenvalue weighted by Crippen LogP contribution is -2.40. The fourth-order valence-electron chi connectivity index (χ4n) is 2.60. The van der Waals surface area contributed by atoms with Crippen molar-refractivity contribution in [3.05, 3.63) is 59.0 Å². The van der Waals surface area contributed by atoms with Gasteiger partial charge in [-0.25, -0.2) is 0 Å². The number of nitrogens with zero attached hydrogens (tertiary/aromatic N) is 1. The summed E-state index contributed by atoms with van der Waals surface area (Å²) in [6.07, 6.45) is 1.88. The molecule has 0 radical (unpaired) electrons. The molecule has 1 saturated heterocycles. The van der Waals surface area contributed by atoms with E-state index in [0.29, 0.717) is 25.5 Å². The molecule has 0 saturated carbocycles. The molecule has 0 atom stereocenters. The summed E-state index contributed by atoms with van der Waals surface area (Å²) in [5, 5.41) is 0.240. The average Bonchev–Trinajstić information content (AvgIpc) is 3.00. The highest BCUT2D eigenvalue weighted by Gasteiger charge is 2.25. The molecule has 0 spiro atoms. The number of ether oxygens (including phenoxy) is 1. The van der Waals surface area contributed by atoms with Crippen molar-refractivity contribution in [3.63, 3.8) is 0 Å². The normalized spacial score (nSPS) is 16.0. The summed E-state index contributed by atoms with van der Waals surface area (Å²) < 4.78 is 11.1. The average molecular weight is 320 g/mol. The Labute approximate surface area is 134 Å². The first-order valence-corrected chi connectivity index (χ1v) is 7.80. The minimum Gasteiger partial charge on any atom is -0.440 e. The fourth-order valence-corrected chi connectivity index (χ4v) is 2.75. The molecule has 3 rings (SSSR count). The summed E-state index contributed by atoms with van der Waals surface area (Å²) >= 11 is 5.71. The first-order chi connectivity index (χ1) is 10.7. The standard InChI is InChI=1S/C17H18ClNO3/c18-16-7-6-15(22-16)17(20)19-10-8-14(9-11-19)21-12-13-4-2-1-3-5-13/h1-7,14H,8-12H2. The van der Waals surface area contributed by atoms with Crippen molar-refractivity contribution in [1.29, 1.82) is 0 Å². The first kappa shape index (κ1) is 15.1. The Morgan fingerprint density at radius 1 is 1.18 bits per heavy atom. The summed E-state index contributed by atoms with van der Waals surface area (Å²) in [6, 6.07) is 13.3. The molecule has 0 aliphatic carbocycles. The maximum absolute atomic E-state index is 12.2. The van der Waals surface area contributed by atoms with Gasteiger partial charge < -0.3 is 14.1 Å². The van der Waals surface area contributed by atoms with E-state index in [9.17, 15) is 4.79 Å². The molecule has 116 valence electrons. The quantitative estimate of drug-likeness (QED) is 0.862. The number of hydrogen-bond donors (Lipinski definition) is 0. The van der Waals surface area contributed by atoms with Crippen molar-refractivity contribution in [3.8, 4) is 0 Å². The zero-order valence-electron chi connectivity index (χ0n) is 12.2. The Bertz CT molecular complexity index is 618. The number of halogens is 1. The largest absolute Gasteiger partial charge is 0.440 e. The van der Waals surface area contributed by atoms with E-state index < -0.39 is 0 Å². The molecule has 1 fully saturated rings. The van der Waals surface area contributed by atoms with Crippen molar-refractivity contribution in [2.24, 2.45) is 0 Å². The topological polar surface area (TPSA) is 42.7 Å². The van der Waals surface area contributed by atoms with Gasteiger partial charge >= 0.3 is 0 Å². The van der Waals surface area contributed by atoms with E-state index in [0.717, 1.165) is 12.8 Å². The molecule has 1 amide bonds. The van der Waals surface area contributed by atoms with Gasteiger partial charge in [0.1, 0.15) is 0 Å². The first-order valence-electron chi connectivity index (χ1n) is 7.42. The zero-order valence-corrected chi connectivity index (χ0v) is 13.0. The molecular formula is C17H18ClNO3. The van der Waals surface area contributed by atoms with E-state index in [1.54, 1.807) is 17.0 Å². The molecular weight excluding hydrogens is 302 g/mol. The van der Waals surface area contributed by atoms with Gasteiger partial charge in [-0.15, -0.1) is 0 Å². The number of carbonyl (C=O) groups excluding carboxylic acids is 1. The molecule has 22 heavy (non-hydrogen) atoms. The number of likely N-dealkylation sites (tertiary alicyclic amines) is 1. The monoisotopic (exact) mass is 319 g/mol. The van der Waals surface area contributed by atoms with Crippen molar-refractivity contribution < 1.29 is 13.9 Å². The Morgan fingerprint density at radius 3 is 2.55 bits per heavy atom. The van der Waals surface area contributed by atoms with Gasteiger partial charge in [-0.2, -0.15) is 0 Å². The number of amides is 1. The number of benzene rings is 1. The van der Waals surface area contributed by atoms with Crippen molar-refractivity contribution >= 4 is 17.5 Å². The van der Waals surface area contributed by atoms with Crippen LogP contribution in [0.25, 0.3) is 0 Å². The number of rotatable bonds is 4. The van der Waals surface area contributed by atoms with Crippen LogP contribution in [-0.2, 0) is 11.3 Å². The molecule has 0 N–H and O–H groups in total. The Balaban J connectivity index is 1.47. The molecule has 1 aliphatic heterocycles. The van der Waals surface area contributed by atoms with E-state index in [1.165, 1.54) is 5.56 Å². The van der Waals surface area contributed by atoms with Gasteiger partial charge in [0.15, 0.2) is 11.0 Å². The second kappa shape index (κ2) is 6.99. The highest BCUT2D eigenvalue weighted by Crippen LogP contribution is 2.20. The third-order valence-electron chi connectivity index (χ3n) is 3.84. The minimum absolute atomic E-state index is 0.103. The van der Waals surface area contributed by atoms with Crippen LogP contribution < -0.4 is 0 Å². The maximum atomic E-state index is 12.2. The number of hydrogen-bond acceptors (Lipinski definition) is 3. The van der Waals surface area contributed by atoms with Gasteiger partial charge in [0.2, 0.25) is 0 Å².